The summed E-state index contributed by atoms with van der Waals surface area (Å²) >= 11 is 0. The molecule has 0 saturated carbocycles. The molecule has 20 heavy (non-hydrogen) atoms. The maximum atomic E-state index is 12.5. The van der Waals surface area contributed by atoms with Crippen LogP contribution in [0.15, 0.2) is 41.3 Å². The van der Waals surface area contributed by atoms with Gasteiger partial charge in [-0.2, -0.15) is 4.31 Å². The van der Waals surface area contributed by atoms with Crippen molar-refractivity contribution < 1.29 is 8.42 Å². The van der Waals surface area contributed by atoms with Crippen LogP contribution in [0.4, 0.5) is 0 Å². The Labute approximate surface area is 123 Å². The van der Waals surface area contributed by atoms with Crippen molar-refractivity contribution in [1.29, 1.82) is 0 Å². The Morgan fingerprint density at radius 1 is 1.25 bits per heavy atom. The summed E-state index contributed by atoms with van der Waals surface area (Å²) in [4.78, 5) is 0.354. The predicted molar refractivity (Wildman–Crippen MR) is 84.4 cm³/mol. The first-order chi connectivity index (χ1) is 9.32. The molecular weight excluding hydrogens is 270 g/mol. The van der Waals surface area contributed by atoms with Gasteiger partial charge in [0.05, 0.1) is 4.90 Å². The minimum absolute atomic E-state index is 0.354. The molecule has 1 atom stereocenters. The molecule has 1 unspecified atom stereocenters. The van der Waals surface area contributed by atoms with E-state index in [1.165, 1.54) is 9.87 Å². The van der Waals surface area contributed by atoms with Crippen molar-refractivity contribution in [2.45, 2.75) is 44.9 Å². The van der Waals surface area contributed by atoms with E-state index in [1.807, 2.05) is 26.0 Å². The van der Waals surface area contributed by atoms with Crippen LogP contribution in [0.25, 0.3) is 0 Å². The van der Waals surface area contributed by atoms with Crippen LogP contribution in [0, 0.1) is 0 Å². The van der Waals surface area contributed by atoms with Crippen LogP contribution in [0.3, 0.4) is 0 Å². The normalized spacial score (nSPS) is 13.4. The van der Waals surface area contributed by atoms with Crippen molar-refractivity contribution in [3.8, 4) is 0 Å². The quantitative estimate of drug-likeness (QED) is 0.718. The van der Waals surface area contributed by atoms with Crippen LogP contribution >= 0.6 is 0 Å². The minimum Gasteiger partial charge on any atom is -0.207 e. The molecule has 0 heterocycles. The van der Waals surface area contributed by atoms with Gasteiger partial charge in [-0.3, -0.25) is 0 Å². The lowest BCUT2D eigenvalue weighted by atomic mass is 9.99. The van der Waals surface area contributed by atoms with Crippen molar-refractivity contribution in [3.63, 3.8) is 0 Å². The SMILES string of the molecule is C=C(C)CN(CC)S(=O)(=O)c1ccc(C(C)CC)cc1. The van der Waals surface area contributed by atoms with E-state index in [2.05, 4.69) is 20.4 Å². The second-order valence-electron chi connectivity index (χ2n) is 5.27. The van der Waals surface area contributed by atoms with E-state index in [1.54, 1.807) is 12.1 Å². The van der Waals surface area contributed by atoms with Crippen LogP contribution in [0.2, 0.25) is 0 Å². The highest BCUT2D eigenvalue weighted by Crippen LogP contribution is 2.22. The number of hydrogen-bond donors (Lipinski definition) is 0. The van der Waals surface area contributed by atoms with E-state index in [4.69, 9.17) is 0 Å². The lowest BCUT2D eigenvalue weighted by Crippen LogP contribution is -2.32. The summed E-state index contributed by atoms with van der Waals surface area (Å²) in [6.45, 7) is 12.6. The van der Waals surface area contributed by atoms with E-state index in [0.29, 0.717) is 23.9 Å². The molecule has 1 rings (SSSR count). The van der Waals surface area contributed by atoms with Crippen molar-refractivity contribution >= 4 is 10.0 Å². The standard InChI is InChI=1S/C16H25NO2S/c1-6-14(5)15-8-10-16(11-9-15)20(18,19)17(7-2)12-13(3)4/h8-11,14H,3,6-7,12H2,1-2,4-5H3. The molecule has 1 aromatic carbocycles. The maximum absolute atomic E-state index is 12.5. The molecule has 0 aromatic heterocycles. The van der Waals surface area contributed by atoms with Gasteiger partial charge in [0, 0.05) is 13.1 Å². The van der Waals surface area contributed by atoms with Crippen LogP contribution in [-0.2, 0) is 10.0 Å². The van der Waals surface area contributed by atoms with Gasteiger partial charge in [0.15, 0.2) is 0 Å². The molecule has 4 heteroatoms. The Balaban J connectivity index is 3.06. The third-order valence-corrected chi connectivity index (χ3v) is 5.43. The Morgan fingerprint density at radius 2 is 1.80 bits per heavy atom. The number of sulfonamides is 1. The van der Waals surface area contributed by atoms with Crippen LogP contribution in [-0.4, -0.2) is 25.8 Å². The summed E-state index contributed by atoms with van der Waals surface area (Å²) in [5.41, 5.74) is 2.01. The number of nitrogens with zero attached hydrogens (tertiary/aromatic N) is 1. The summed E-state index contributed by atoms with van der Waals surface area (Å²) in [6.07, 6.45) is 1.04. The molecule has 1 aromatic rings. The van der Waals surface area contributed by atoms with E-state index in [0.717, 1.165) is 12.0 Å². The highest BCUT2D eigenvalue weighted by Gasteiger charge is 2.22. The summed E-state index contributed by atoms with van der Waals surface area (Å²) in [6, 6.07) is 7.24. The molecule has 0 amide bonds. The Kier molecular flexibility index (Phi) is 5.96. The number of hydrogen-bond acceptors (Lipinski definition) is 2. The number of benzene rings is 1. The molecule has 112 valence electrons. The van der Waals surface area contributed by atoms with E-state index in [9.17, 15) is 8.42 Å². The van der Waals surface area contributed by atoms with Gasteiger partial charge < -0.3 is 0 Å². The zero-order chi connectivity index (χ0) is 15.3. The lowest BCUT2D eigenvalue weighted by Gasteiger charge is -2.21. The monoisotopic (exact) mass is 295 g/mol. The summed E-state index contributed by atoms with van der Waals surface area (Å²) in [7, 11) is -3.42. The van der Waals surface area contributed by atoms with E-state index < -0.39 is 10.0 Å². The zero-order valence-electron chi connectivity index (χ0n) is 12.9. The van der Waals surface area contributed by atoms with Crippen molar-refractivity contribution in [3.05, 3.63) is 42.0 Å². The topological polar surface area (TPSA) is 37.4 Å². The van der Waals surface area contributed by atoms with Gasteiger partial charge in [-0.1, -0.05) is 45.1 Å². The van der Waals surface area contributed by atoms with Gasteiger partial charge in [0.25, 0.3) is 0 Å². The smallest absolute Gasteiger partial charge is 0.207 e. The van der Waals surface area contributed by atoms with Gasteiger partial charge in [-0.05, 0) is 37.0 Å². The Morgan fingerprint density at radius 3 is 2.20 bits per heavy atom. The molecule has 0 aliphatic heterocycles. The van der Waals surface area contributed by atoms with Crippen LogP contribution < -0.4 is 0 Å². The lowest BCUT2D eigenvalue weighted by molar-refractivity contribution is 0.453. The van der Waals surface area contributed by atoms with Crippen LogP contribution in [0.1, 0.15) is 45.6 Å². The molecule has 0 aliphatic rings. The predicted octanol–water partition coefficient (Wildman–Crippen LogP) is 3.79. The molecule has 0 aliphatic carbocycles. The first-order valence-corrected chi connectivity index (χ1v) is 8.51. The fraction of sp³-hybridized carbons (Fsp3) is 0.500. The van der Waals surface area contributed by atoms with Gasteiger partial charge in [-0.25, -0.2) is 8.42 Å². The van der Waals surface area contributed by atoms with Crippen molar-refractivity contribution in [2.75, 3.05) is 13.1 Å². The third-order valence-electron chi connectivity index (χ3n) is 3.50. The molecule has 0 saturated heterocycles. The first-order valence-electron chi connectivity index (χ1n) is 7.07. The van der Waals surface area contributed by atoms with Crippen molar-refractivity contribution in [1.82, 2.24) is 4.31 Å². The molecule has 0 radical (unpaired) electrons. The van der Waals surface area contributed by atoms with Gasteiger partial charge in [-0.15, -0.1) is 0 Å². The van der Waals surface area contributed by atoms with E-state index >= 15 is 0 Å². The summed E-state index contributed by atoms with van der Waals surface area (Å²) in [5, 5.41) is 0. The average molecular weight is 295 g/mol. The summed E-state index contributed by atoms with van der Waals surface area (Å²) < 4.78 is 26.5. The van der Waals surface area contributed by atoms with Crippen molar-refractivity contribution in [2.24, 2.45) is 0 Å². The molecule has 0 fully saturated rings. The van der Waals surface area contributed by atoms with Gasteiger partial charge >= 0.3 is 0 Å². The molecule has 0 spiro atoms. The number of likely N-dealkylation sites (N-methyl/N-ethyl adjacent to an activating group) is 1. The maximum Gasteiger partial charge on any atom is 0.243 e. The second kappa shape index (κ2) is 7.04. The van der Waals surface area contributed by atoms with E-state index in [-0.39, 0.29) is 0 Å². The van der Waals surface area contributed by atoms with Crippen LogP contribution in [0.5, 0.6) is 0 Å². The second-order valence-corrected chi connectivity index (χ2v) is 7.20. The third kappa shape index (κ3) is 3.93. The van der Waals surface area contributed by atoms with Gasteiger partial charge in [0.1, 0.15) is 0 Å². The molecular formula is C16H25NO2S. The molecule has 3 nitrogen and oxygen atoms in total. The first kappa shape index (κ1) is 16.9. The fourth-order valence-electron chi connectivity index (χ4n) is 2.02. The molecule has 0 N–H and O–H groups in total. The number of rotatable bonds is 7. The fourth-order valence-corrected chi connectivity index (χ4v) is 3.53. The summed E-state index contributed by atoms with van der Waals surface area (Å²) in [5.74, 6) is 0.449. The largest absolute Gasteiger partial charge is 0.243 e. The highest BCUT2D eigenvalue weighted by atomic mass is 32.2. The van der Waals surface area contributed by atoms with Gasteiger partial charge in [0.2, 0.25) is 10.0 Å². The zero-order valence-corrected chi connectivity index (χ0v) is 13.7. The average Bonchev–Trinajstić information content (AvgIpc) is 2.43. The Hall–Kier alpha value is -1.13. The molecule has 0 bridgehead atoms. The Bertz CT molecular complexity index is 546. The minimum atomic E-state index is -3.42. The highest BCUT2D eigenvalue weighted by molar-refractivity contribution is 7.89.